The molecule has 0 saturated carbocycles. The standard InChI is InChI=1S/C17H23N3/c1-13(2)15-6-8-16(9-7-15)17(20-18)10-5-14-4-3-11-19-12-14/h3-4,6-9,11-13,17,20H,5,10,18H2,1-2H3. The van der Waals surface area contributed by atoms with Crippen LogP contribution in [0.5, 0.6) is 0 Å². The zero-order valence-corrected chi connectivity index (χ0v) is 12.2. The maximum absolute atomic E-state index is 5.70. The van der Waals surface area contributed by atoms with Gasteiger partial charge in [-0.3, -0.25) is 16.3 Å². The van der Waals surface area contributed by atoms with Crippen molar-refractivity contribution in [3.05, 3.63) is 65.5 Å². The topological polar surface area (TPSA) is 50.9 Å². The van der Waals surface area contributed by atoms with Crippen molar-refractivity contribution in [1.82, 2.24) is 10.4 Å². The van der Waals surface area contributed by atoms with E-state index >= 15 is 0 Å². The Morgan fingerprint density at radius 3 is 2.35 bits per heavy atom. The minimum Gasteiger partial charge on any atom is -0.271 e. The average Bonchev–Trinajstić information content (AvgIpc) is 2.49. The molecule has 0 aliphatic heterocycles. The van der Waals surface area contributed by atoms with Gasteiger partial charge < -0.3 is 0 Å². The van der Waals surface area contributed by atoms with Gasteiger partial charge in [0.25, 0.3) is 0 Å². The second-order valence-corrected chi connectivity index (χ2v) is 5.44. The van der Waals surface area contributed by atoms with E-state index in [1.807, 2.05) is 12.3 Å². The predicted molar refractivity (Wildman–Crippen MR) is 83.2 cm³/mol. The molecule has 2 aromatic rings. The molecule has 1 unspecified atom stereocenters. The van der Waals surface area contributed by atoms with Gasteiger partial charge in [0.05, 0.1) is 0 Å². The number of aromatic nitrogens is 1. The molecule has 3 nitrogen and oxygen atoms in total. The summed E-state index contributed by atoms with van der Waals surface area (Å²) in [4.78, 5) is 4.14. The van der Waals surface area contributed by atoms with Crippen LogP contribution in [-0.2, 0) is 6.42 Å². The molecule has 0 amide bonds. The molecule has 3 N–H and O–H groups in total. The fraction of sp³-hybridized carbons (Fsp3) is 0.353. The van der Waals surface area contributed by atoms with Crippen LogP contribution >= 0.6 is 0 Å². The molecule has 0 spiro atoms. The van der Waals surface area contributed by atoms with Gasteiger partial charge in [0.1, 0.15) is 0 Å². The van der Waals surface area contributed by atoms with Crippen LogP contribution in [-0.4, -0.2) is 4.98 Å². The van der Waals surface area contributed by atoms with Crippen molar-refractivity contribution >= 4 is 0 Å². The Morgan fingerprint density at radius 2 is 1.80 bits per heavy atom. The smallest absolute Gasteiger partial charge is 0.0463 e. The molecule has 3 heteroatoms. The lowest BCUT2D eigenvalue weighted by molar-refractivity contribution is 0.516. The third kappa shape index (κ3) is 3.89. The summed E-state index contributed by atoms with van der Waals surface area (Å²) in [5.74, 6) is 6.26. The van der Waals surface area contributed by atoms with Crippen molar-refractivity contribution in [1.29, 1.82) is 0 Å². The average molecular weight is 269 g/mol. The summed E-state index contributed by atoms with van der Waals surface area (Å²) < 4.78 is 0. The summed E-state index contributed by atoms with van der Waals surface area (Å²) in [6.07, 6.45) is 5.64. The number of hydrogen-bond acceptors (Lipinski definition) is 3. The molecular formula is C17H23N3. The Bertz CT molecular complexity index is 506. The summed E-state index contributed by atoms with van der Waals surface area (Å²) in [7, 11) is 0. The van der Waals surface area contributed by atoms with E-state index < -0.39 is 0 Å². The zero-order valence-electron chi connectivity index (χ0n) is 12.2. The quantitative estimate of drug-likeness (QED) is 0.624. The van der Waals surface area contributed by atoms with E-state index in [9.17, 15) is 0 Å². The summed E-state index contributed by atoms with van der Waals surface area (Å²) in [6.45, 7) is 4.41. The van der Waals surface area contributed by atoms with Crippen LogP contribution in [0.3, 0.4) is 0 Å². The summed E-state index contributed by atoms with van der Waals surface area (Å²) in [6, 6.07) is 13.0. The lowest BCUT2D eigenvalue weighted by Gasteiger charge is -2.17. The van der Waals surface area contributed by atoms with E-state index in [1.54, 1.807) is 6.20 Å². The van der Waals surface area contributed by atoms with Gasteiger partial charge >= 0.3 is 0 Å². The van der Waals surface area contributed by atoms with Gasteiger partial charge in [-0.15, -0.1) is 0 Å². The van der Waals surface area contributed by atoms with Gasteiger partial charge in [-0.1, -0.05) is 44.2 Å². The number of nitrogens with zero attached hydrogens (tertiary/aromatic N) is 1. The number of pyridine rings is 1. The first-order chi connectivity index (χ1) is 9.70. The maximum atomic E-state index is 5.70. The molecule has 1 atom stereocenters. The number of hydrogen-bond donors (Lipinski definition) is 2. The second-order valence-electron chi connectivity index (χ2n) is 5.44. The first-order valence-electron chi connectivity index (χ1n) is 7.15. The third-order valence-electron chi connectivity index (χ3n) is 3.65. The maximum Gasteiger partial charge on any atom is 0.0463 e. The van der Waals surface area contributed by atoms with E-state index in [2.05, 4.69) is 54.6 Å². The number of nitrogens with two attached hydrogens (primary N) is 1. The molecular weight excluding hydrogens is 246 g/mol. The number of nitrogens with one attached hydrogen (secondary N) is 1. The Morgan fingerprint density at radius 1 is 1.10 bits per heavy atom. The molecule has 0 aliphatic rings. The van der Waals surface area contributed by atoms with Crippen LogP contribution in [0, 0.1) is 0 Å². The van der Waals surface area contributed by atoms with Crippen molar-refractivity contribution in [2.75, 3.05) is 0 Å². The summed E-state index contributed by atoms with van der Waals surface area (Å²) >= 11 is 0. The van der Waals surface area contributed by atoms with Crippen molar-refractivity contribution in [3.8, 4) is 0 Å². The minimum atomic E-state index is 0.177. The zero-order chi connectivity index (χ0) is 14.4. The van der Waals surface area contributed by atoms with Gasteiger partial charge in [-0.2, -0.15) is 0 Å². The van der Waals surface area contributed by atoms with Gasteiger partial charge in [-0.25, -0.2) is 0 Å². The SMILES string of the molecule is CC(C)c1ccc(C(CCc2cccnc2)NN)cc1. The van der Waals surface area contributed by atoms with E-state index in [0.29, 0.717) is 5.92 Å². The van der Waals surface area contributed by atoms with E-state index in [-0.39, 0.29) is 6.04 Å². The van der Waals surface area contributed by atoms with Crippen molar-refractivity contribution in [2.45, 2.75) is 38.6 Å². The van der Waals surface area contributed by atoms with Gasteiger partial charge in [0, 0.05) is 18.4 Å². The molecule has 0 saturated heterocycles. The third-order valence-corrected chi connectivity index (χ3v) is 3.65. The Hall–Kier alpha value is -1.71. The largest absolute Gasteiger partial charge is 0.271 e. The molecule has 0 radical (unpaired) electrons. The van der Waals surface area contributed by atoms with Crippen LogP contribution in [0.4, 0.5) is 0 Å². The van der Waals surface area contributed by atoms with Crippen molar-refractivity contribution in [3.63, 3.8) is 0 Å². The highest BCUT2D eigenvalue weighted by molar-refractivity contribution is 5.27. The monoisotopic (exact) mass is 269 g/mol. The van der Waals surface area contributed by atoms with Crippen molar-refractivity contribution < 1.29 is 0 Å². The van der Waals surface area contributed by atoms with E-state index in [4.69, 9.17) is 5.84 Å². The number of hydrazine groups is 1. The van der Waals surface area contributed by atoms with Crippen LogP contribution in [0.15, 0.2) is 48.8 Å². The first-order valence-corrected chi connectivity index (χ1v) is 7.15. The Labute approximate surface area is 121 Å². The van der Waals surface area contributed by atoms with E-state index in [0.717, 1.165) is 12.8 Å². The molecule has 1 aromatic carbocycles. The summed E-state index contributed by atoms with van der Waals surface area (Å²) in [5.41, 5.74) is 6.75. The van der Waals surface area contributed by atoms with Crippen LogP contribution < -0.4 is 11.3 Å². The predicted octanol–water partition coefficient (Wildman–Crippen LogP) is 3.34. The highest BCUT2D eigenvalue weighted by Gasteiger charge is 2.10. The van der Waals surface area contributed by atoms with Gasteiger partial charge in [0.2, 0.25) is 0 Å². The highest BCUT2D eigenvalue weighted by atomic mass is 15.2. The molecule has 20 heavy (non-hydrogen) atoms. The van der Waals surface area contributed by atoms with Crippen LogP contribution in [0.2, 0.25) is 0 Å². The molecule has 1 aromatic heterocycles. The molecule has 0 bridgehead atoms. The van der Waals surface area contributed by atoms with Gasteiger partial charge in [-0.05, 0) is 41.5 Å². The van der Waals surface area contributed by atoms with Crippen LogP contribution in [0.1, 0.15) is 48.9 Å². The first kappa shape index (κ1) is 14.7. The number of aryl methyl sites for hydroxylation is 1. The van der Waals surface area contributed by atoms with E-state index in [1.165, 1.54) is 16.7 Å². The Balaban J connectivity index is 2.01. The number of benzene rings is 1. The lowest BCUT2D eigenvalue weighted by atomic mass is 9.96. The summed E-state index contributed by atoms with van der Waals surface area (Å²) in [5, 5.41) is 0. The molecule has 1 heterocycles. The van der Waals surface area contributed by atoms with Crippen LogP contribution in [0.25, 0.3) is 0 Å². The molecule has 106 valence electrons. The van der Waals surface area contributed by atoms with Crippen molar-refractivity contribution in [2.24, 2.45) is 5.84 Å². The fourth-order valence-electron chi connectivity index (χ4n) is 2.32. The highest BCUT2D eigenvalue weighted by Crippen LogP contribution is 2.21. The molecule has 0 aliphatic carbocycles. The minimum absolute atomic E-state index is 0.177. The fourth-order valence-corrected chi connectivity index (χ4v) is 2.32. The number of rotatable bonds is 6. The normalized spacial score (nSPS) is 12.6. The molecule has 2 rings (SSSR count). The lowest BCUT2D eigenvalue weighted by Crippen LogP contribution is -2.28. The molecule has 0 fully saturated rings. The van der Waals surface area contributed by atoms with Gasteiger partial charge in [0.15, 0.2) is 0 Å². The Kier molecular flexibility index (Phi) is 5.27. The second kappa shape index (κ2) is 7.17.